The van der Waals surface area contributed by atoms with E-state index < -0.39 is 27.5 Å². The summed E-state index contributed by atoms with van der Waals surface area (Å²) in [7, 11) is 0. The lowest BCUT2D eigenvalue weighted by Gasteiger charge is -2.07. The molecule has 0 N–H and O–H groups in total. The van der Waals surface area contributed by atoms with Crippen LogP contribution in [0.15, 0.2) is 60.7 Å². The lowest BCUT2D eigenvalue weighted by atomic mass is 10.2. The van der Waals surface area contributed by atoms with E-state index in [9.17, 15) is 29.8 Å². The molecule has 208 valence electrons. The zero-order chi connectivity index (χ0) is 28.6. The molecule has 2 rings (SSSR count). The molecule has 0 saturated carbocycles. The van der Waals surface area contributed by atoms with Crippen molar-refractivity contribution >= 4 is 29.4 Å². The molecule has 0 radical (unpaired) electrons. The third kappa shape index (κ3) is 11.5. The van der Waals surface area contributed by atoms with Gasteiger partial charge in [0.2, 0.25) is 0 Å². The van der Waals surface area contributed by atoms with Gasteiger partial charge in [0.1, 0.15) is 19.0 Å². The molecule has 12 nitrogen and oxygen atoms in total. The van der Waals surface area contributed by atoms with Crippen LogP contribution in [0.5, 0.6) is 11.5 Å². The number of carbonyl (C=O) groups is 2. The highest BCUT2D eigenvalue weighted by Gasteiger charge is 2.20. The Balaban J connectivity index is 1.58. The number of nitro groups is 2. The van der Waals surface area contributed by atoms with Gasteiger partial charge in [-0.15, -0.1) is 0 Å². The molecular weight excluding hydrogens is 512 g/mol. The highest BCUT2D eigenvalue weighted by atomic mass is 16.6. The van der Waals surface area contributed by atoms with E-state index in [1.807, 2.05) is 0 Å². The summed E-state index contributed by atoms with van der Waals surface area (Å²) in [6.45, 7) is 5.85. The van der Waals surface area contributed by atoms with Crippen LogP contribution in [0.25, 0.3) is 6.08 Å². The van der Waals surface area contributed by atoms with Gasteiger partial charge in [0.25, 0.3) is 5.69 Å². The second-order valence-corrected chi connectivity index (χ2v) is 8.26. The molecule has 0 unspecified atom stereocenters. The van der Waals surface area contributed by atoms with Gasteiger partial charge in [-0.25, -0.2) is 9.59 Å². The van der Waals surface area contributed by atoms with E-state index in [-0.39, 0.29) is 37.9 Å². The van der Waals surface area contributed by atoms with Crippen LogP contribution in [-0.4, -0.2) is 48.2 Å². The van der Waals surface area contributed by atoms with Gasteiger partial charge in [-0.05, 0) is 62.4 Å². The minimum absolute atomic E-state index is 0.0184. The van der Waals surface area contributed by atoms with Crippen LogP contribution in [0.1, 0.15) is 38.2 Å². The lowest BCUT2D eigenvalue weighted by Crippen LogP contribution is -2.12. The predicted molar refractivity (Wildman–Crippen MR) is 141 cm³/mol. The van der Waals surface area contributed by atoms with E-state index in [1.54, 1.807) is 37.3 Å². The first-order chi connectivity index (χ1) is 18.7. The number of hydrogen-bond acceptors (Lipinski definition) is 10. The molecule has 12 heteroatoms. The summed E-state index contributed by atoms with van der Waals surface area (Å²) in [6, 6.07) is 10.3. The molecule has 0 fully saturated rings. The van der Waals surface area contributed by atoms with E-state index in [4.69, 9.17) is 18.9 Å². The number of hydrogen-bond donors (Lipinski definition) is 0. The average Bonchev–Trinajstić information content (AvgIpc) is 2.91. The quantitative estimate of drug-likeness (QED) is 0.0855. The second-order valence-electron chi connectivity index (χ2n) is 8.26. The second kappa shape index (κ2) is 16.2. The number of non-ortho nitro benzene ring substituents is 1. The zero-order valence-electron chi connectivity index (χ0n) is 21.5. The first kappa shape index (κ1) is 30.5. The summed E-state index contributed by atoms with van der Waals surface area (Å²) in [4.78, 5) is 43.7. The zero-order valence-corrected chi connectivity index (χ0v) is 21.5. The Kier molecular flexibility index (Phi) is 12.6. The Hall–Kier alpha value is -4.74. The van der Waals surface area contributed by atoms with Crippen molar-refractivity contribution in [2.24, 2.45) is 0 Å². The highest BCUT2D eigenvalue weighted by molar-refractivity contribution is 5.87. The maximum absolute atomic E-state index is 11.9. The Morgan fingerprint density at radius 3 is 2.18 bits per heavy atom. The summed E-state index contributed by atoms with van der Waals surface area (Å²) in [6.07, 6.45) is 5.72. The van der Waals surface area contributed by atoms with Gasteiger partial charge in [-0.1, -0.05) is 18.7 Å². The first-order valence-electron chi connectivity index (χ1n) is 12.1. The number of esters is 2. The molecule has 39 heavy (non-hydrogen) atoms. The SMILES string of the molecule is C=C(C)C(=O)OCCOc1ccc(/C=C/C(=O)OCCCCCCOc2ccc([N+](=O)[O-])cc2[N+](=O)[O-])cc1. The fraction of sp³-hybridized carbons (Fsp3) is 0.333. The molecule has 0 aliphatic rings. The van der Waals surface area contributed by atoms with Crippen LogP contribution < -0.4 is 9.47 Å². The molecule has 0 aliphatic heterocycles. The van der Waals surface area contributed by atoms with Gasteiger partial charge >= 0.3 is 17.6 Å². The summed E-state index contributed by atoms with van der Waals surface area (Å²) >= 11 is 0. The predicted octanol–water partition coefficient (Wildman–Crippen LogP) is 5.20. The first-order valence-corrected chi connectivity index (χ1v) is 12.1. The molecule has 0 atom stereocenters. The van der Waals surface area contributed by atoms with Crippen LogP contribution in [0.4, 0.5) is 11.4 Å². The van der Waals surface area contributed by atoms with Crippen molar-refractivity contribution in [3.05, 3.63) is 86.5 Å². The van der Waals surface area contributed by atoms with Gasteiger partial charge < -0.3 is 18.9 Å². The standard InChI is InChI=1S/C27H30N2O10/c1-20(2)27(31)39-18-17-36-23-11-7-21(8-12-23)9-14-26(30)38-16-6-4-3-5-15-37-25-13-10-22(28(32)33)19-24(25)29(34)35/h7-14,19H,1,3-6,15-18H2,2H3/b14-9+. The highest BCUT2D eigenvalue weighted by Crippen LogP contribution is 2.31. The van der Waals surface area contributed by atoms with Gasteiger partial charge in [-0.3, -0.25) is 20.2 Å². The largest absolute Gasteiger partial charge is 0.490 e. The number of nitrogens with zero attached hydrogens (tertiary/aromatic N) is 2. The molecule has 2 aromatic rings. The van der Waals surface area contributed by atoms with Crippen LogP contribution >= 0.6 is 0 Å². The van der Waals surface area contributed by atoms with Crippen LogP contribution in [0.2, 0.25) is 0 Å². The Labute approximate surface area is 225 Å². The van der Waals surface area contributed by atoms with E-state index in [0.29, 0.717) is 24.2 Å². The maximum Gasteiger partial charge on any atom is 0.333 e. The van der Waals surface area contributed by atoms with Crippen molar-refractivity contribution in [1.29, 1.82) is 0 Å². The Morgan fingerprint density at radius 1 is 0.846 bits per heavy atom. The lowest BCUT2D eigenvalue weighted by molar-refractivity contribution is -0.394. The number of benzene rings is 2. The third-order valence-corrected chi connectivity index (χ3v) is 5.12. The maximum atomic E-state index is 11.9. The Bertz CT molecular complexity index is 1190. The van der Waals surface area contributed by atoms with Crippen LogP contribution in [0, 0.1) is 20.2 Å². The molecule has 0 aliphatic carbocycles. The van der Waals surface area contributed by atoms with Crippen molar-refractivity contribution in [2.75, 3.05) is 26.4 Å². The van der Waals surface area contributed by atoms with E-state index in [2.05, 4.69) is 6.58 Å². The smallest absolute Gasteiger partial charge is 0.333 e. The number of nitro benzene ring substituents is 2. The fourth-order valence-corrected chi connectivity index (χ4v) is 3.10. The van der Waals surface area contributed by atoms with Crippen molar-refractivity contribution in [1.82, 2.24) is 0 Å². The molecule has 0 saturated heterocycles. The Morgan fingerprint density at radius 2 is 1.54 bits per heavy atom. The molecular formula is C27H30N2O10. The molecule has 0 bridgehead atoms. The van der Waals surface area contributed by atoms with E-state index in [0.717, 1.165) is 30.5 Å². The number of rotatable bonds is 17. The fourth-order valence-electron chi connectivity index (χ4n) is 3.10. The molecule has 2 aromatic carbocycles. The summed E-state index contributed by atoms with van der Waals surface area (Å²) in [5.74, 6) is -0.358. The number of carbonyl (C=O) groups excluding carboxylic acids is 2. The molecule has 0 aromatic heterocycles. The van der Waals surface area contributed by atoms with Gasteiger partial charge in [0.05, 0.1) is 29.1 Å². The van der Waals surface area contributed by atoms with Crippen molar-refractivity contribution in [2.45, 2.75) is 32.6 Å². The number of unbranched alkanes of at least 4 members (excludes halogenated alkanes) is 3. The van der Waals surface area contributed by atoms with E-state index in [1.165, 1.54) is 12.1 Å². The minimum Gasteiger partial charge on any atom is -0.490 e. The minimum atomic E-state index is -0.718. The average molecular weight is 543 g/mol. The van der Waals surface area contributed by atoms with Crippen molar-refractivity contribution in [3.63, 3.8) is 0 Å². The molecule has 0 spiro atoms. The number of ether oxygens (including phenoxy) is 4. The molecule has 0 heterocycles. The van der Waals surface area contributed by atoms with Crippen LogP contribution in [-0.2, 0) is 19.1 Å². The monoisotopic (exact) mass is 542 g/mol. The van der Waals surface area contributed by atoms with Crippen molar-refractivity contribution < 1.29 is 38.4 Å². The summed E-state index contributed by atoms with van der Waals surface area (Å²) < 4.78 is 21.0. The van der Waals surface area contributed by atoms with Crippen molar-refractivity contribution in [3.8, 4) is 11.5 Å². The van der Waals surface area contributed by atoms with Gasteiger partial charge in [-0.2, -0.15) is 0 Å². The normalized spacial score (nSPS) is 10.6. The van der Waals surface area contributed by atoms with Gasteiger partial charge in [0, 0.05) is 17.7 Å². The van der Waals surface area contributed by atoms with E-state index >= 15 is 0 Å². The third-order valence-electron chi connectivity index (χ3n) is 5.12. The van der Waals surface area contributed by atoms with Gasteiger partial charge in [0.15, 0.2) is 5.75 Å². The summed E-state index contributed by atoms with van der Waals surface area (Å²) in [5.41, 5.74) is 0.275. The molecule has 0 amide bonds. The summed E-state index contributed by atoms with van der Waals surface area (Å²) in [5, 5.41) is 21.9. The topological polar surface area (TPSA) is 157 Å². The van der Waals surface area contributed by atoms with Crippen LogP contribution in [0.3, 0.4) is 0 Å².